The smallest absolute Gasteiger partial charge is 0.273 e. The van der Waals surface area contributed by atoms with Crippen LogP contribution >= 0.6 is 11.6 Å². The van der Waals surface area contributed by atoms with Crippen LogP contribution in [0.4, 0.5) is 5.69 Å². The molecule has 0 aliphatic carbocycles. The molecule has 0 N–H and O–H groups in total. The zero-order valence-electron chi connectivity index (χ0n) is 14.0. The van der Waals surface area contributed by atoms with Crippen LogP contribution in [0.25, 0.3) is 0 Å². The number of halogens is 1. The van der Waals surface area contributed by atoms with E-state index in [4.69, 9.17) is 11.6 Å². The molecule has 9 heteroatoms. The second-order valence-electron chi connectivity index (χ2n) is 5.90. The van der Waals surface area contributed by atoms with E-state index >= 15 is 0 Å². The quantitative estimate of drug-likeness (QED) is 0.446. The van der Waals surface area contributed by atoms with Gasteiger partial charge in [0.2, 0.25) is 11.8 Å². The number of carbonyl (C=O) groups excluding carboxylic acids is 3. The van der Waals surface area contributed by atoms with E-state index < -0.39 is 22.6 Å². The number of hydrogen-bond acceptors (Lipinski definition) is 5. The van der Waals surface area contributed by atoms with Crippen molar-refractivity contribution in [1.82, 2.24) is 10.0 Å². The van der Waals surface area contributed by atoms with Crippen LogP contribution in [-0.4, -0.2) is 32.7 Å². The van der Waals surface area contributed by atoms with E-state index in [1.54, 1.807) is 24.3 Å². The number of benzene rings is 2. The van der Waals surface area contributed by atoms with Crippen LogP contribution < -0.4 is 0 Å². The van der Waals surface area contributed by atoms with Gasteiger partial charge in [-0.1, -0.05) is 29.8 Å². The minimum atomic E-state index is -0.683. The third-order valence-corrected chi connectivity index (χ3v) is 4.30. The maximum Gasteiger partial charge on any atom is 0.273 e. The Morgan fingerprint density at radius 1 is 1.11 bits per heavy atom. The molecule has 0 unspecified atom stereocenters. The number of hydrazine groups is 1. The number of imide groups is 1. The summed E-state index contributed by atoms with van der Waals surface area (Å²) in [6.07, 6.45) is 0.0241. The topological polar surface area (TPSA) is 101 Å². The fourth-order valence-electron chi connectivity index (χ4n) is 2.73. The molecule has 0 saturated carbocycles. The Morgan fingerprint density at radius 3 is 2.33 bits per heavy atom. The van der Waals surface area contributed by atoms with Crippen LogP contribution in [0, 0.1) is 10.1 Å². The highest BCUT2D eigenvalue weighted by molar-refractivity contribution is 6.30. The molecule has 0 atom stereocenters. The number of hydrogen-bond donors (Lipinski definition) is 0. The van der Waals surface area contributed by atoms with Gasteiger partial charge in [0, 0.05) is 35.6 Å². The first-order valence-corrected chi connectivity index (χ1v) is 8.41. The zero-order valence-corrected chi connectivity index (χ0v) is 14.8. The molecular formula is C18H14ClN3O5. The lowest BCUT2D eigenvalue weighted by Crippen LogP contribution is -2.48. The van der Waals surface area contributed by atoms with E-state index in [-0.39, 0.29) is 30.6 Å². The van der Waals surface area contributed by atoms with Crippen molar-refractivity contribution in [3.8, 4) is 0 Å². The Morgan fingerprint density at radius 2 is 1.74 bits per heavy atom. The fraction of sp³-hybridized carbons (Fsp3) is 0.167. The van der Waals surface area contributed by atoms with E-state index in [1.807, 2.05) is 0 Å². The third-order valence-electron chi connectivity index (χ3n) is 4.05. The Hall–Kier alpha value is -3.26. The minimum absolute atomic E-state index is 0.00524. The Bertz CT molecular complexity index is 913. The van der Waals surface area contributed by atoms with Crippen LogP contribution in [0.1, 0.15) is 28.8 Å². The Kier molecular flexibility index (Phi) is 5.18. The molecule has 0 aromatic heterocycles. The average molecular weight is 388 g/mol. The van der Waals surface area contributed by atoms with E-state index in [0.29, 0.717) is 10.6 Å². The minimum Gasteiger partial charge on any atom is -0.273 e. The first-order valence-electron chi connectivity index (χ1n) is 8.03. The number of nitro benzene ring substituents is 1. The second-order valence-corrected chi connectivity index (χ2v) is 6.33. The highest BCUT2D eigenvalue weighted by atomic mass is 35.5. The maximum atomic E-state index is 13.0. The van der Waals surface area contributed by atoms with Crippen molar-refractivity contribution >= 4 is 35.0 Å². The summed E-state index contributed by atoms with van der Waals surface area (Å²) in [4.78, 5) is 47.7. The van der Waals surface area contributed by atoms with E-state index in [1.165, 1.54) is 18.2 Å². The number of rotatable bonds is 5. The molecule has 2 aromatic carbocycles. The van der Waals surface area contributed by atoms with Crippen molar-refractivity contribution in [2.75, 3.05) is 0 Å². The number of carbonyl (C=O) groups is 3. The fourth-order valence-corrected chi connectivity index (χ4v) is 2.86. The molecule has 1 fully saturated rings. The van der Waals surface area contributed by atoms with Gasteiger partial charge in [0.15, 0.2) is 0 Å². The third kappa shape index (κ3) is 3.95. The van der Waals surface area contributed by atoms with E-state index in [0.717, 1.165) is 16.1 Å². The van der Waals surface area contributed by atoms with Gasteiger partial charge in [-0.25, -0.2) is 5.01 Å². The van der Waals surface area contributed by atoms with Gasteiger partial charge in [0.1, 0.15) is 0 Å². The summed E-state index contributed by atoms with van der Waals surface area (Å²) in [7, 11) is 0. The van der Waals surface area contributed by atoms with Crippen LogP contribution in [0.3, 0.4) is 0 Å². The Balaban J connectivity index is 1.98. The van der Waals surface area contributed by atoms with Crippen LogP contribution in [-0.2, 0) is 16.1 Å². The standard InChI is InChI=1S/C18H14ClN3O5/c19-14-6-4-12(5-7-14)11-20(21-16(23)8-9-17(21)24)18(25)13-2-1-3-15(10-13)22(26)27/h1-7,10H,8-9,11H2. The van der Waals surface area contributed by atoms with Crippen molar-refractivity contribution < 1.29 is 19.3 Å². The molecule has 138 valence electrons. The zero-order chi connectivity index (χ0) is 19.6. The van der Waals surface area contributed by atoms with E-state index in [2.05, 4.69) is 0 Å². The van der Waals surface area contributed by atoms with Gasteiger partial charge in [-0.15, -0.1) is 0 Å². The summed E-state index contributed by atoms with van der Waals surface area (Å²) in [5.41, 5.74) is 0.391. The highest BCUT2D eigenvalue weighted by Crippen LogP contribution is 2.22. The van der Waals surface area contributed by atoms with Gasteiger partial charge >= 0.3 is 0 Å². The largest absolute Gasteiger partial charge is 0.273 e. The van der Waals surface area contributed by atoms with Crippen molar-refractivity contribution in [2.24, 2.45) is 0 Å². The van der Waals surface area contributed by atoms with E-state index in [9.17, 15) is 24.5 Å². The SMILES string of the molecule is O=C(c1cccc([N+](=O)[O-])c1)N(Cc1ccc(Cl)cc1)N1C(=O)CCC1=O. The molecule has 2 aromatic rings. The Labute approximate surface area is 159 Å². The van der Waals surface area contributed by atoms with Crippen molar-refractivity contribution in [3.05, 3.63) is 74.8 Å². The van der Waals surface area contributed by atoms with Gasteiger partial charge < -0.3 is 0 Å². The second kappa shape index (κ2) is 7.55. The molecule has 1 heterocycles. The summed E-state index contributed by atoms with van der Waals surface area (Å²) in [6.45, 7) is -0.0594. The summed E-state index contributed by atoms with van der Waals surface area (Å²) in [5.74, 6) is -1.67. The van der Waals surface area contributed by atoms with Gasteiger partial charge in [-0.05, 0) is 23.8 Å². The highest BCUT2D eigenvalue weighted by Gasteiger charge is 2.37. The molecule has 0 radical (unpaired) electrons. The number of amides is 3. The van der Waals surface area contributed by atoms with Crippen molar-refractivity contribution in [1.29, 1.82) is 0 Å². The number of nitro groups is 1. The summed E-state index contributed by atoms with van der Waals surface area (Å²) in [6, 6.07) is 11.7. The molecule has 8 nitrogen and oxygen atoms in total. The molecule has 1 aliphatic rings. The first-order chi connectivity index (χ1) is 12.9. The summed E-state index contributed by atoms with van der Waals surface area (Å²) < 4.78 is 0. The number of nitrogens with zero attached hydrogens (tertiary/aromatic N) is 3. The van der Waals surface area contributed by atoms with Crippen LogP contribution in [0.15, 0.2) is 48.5 Å². The van der Waals surface area contributed by atoms with Gasteiger partial charge in [0.25, 0.3) is 11.6 Å². The van der Waals surface area contributed by atoms with Gasteiger partial charge in [-0.3, -0.25) is 24.5 Å². The van der Waals surface area contributed by atoms with Crippen molar-refractivity contribution in [3.63, 3.8) is 0 Å². The van der Waals surface area contributed by atoms with Gasteiger partial charge in [0.05, 0.1) is 11.5 Å². The molecule has 0 bridgehead atoms. The molecule has 1 aliphatic heterocycles. The lowest BCUT2D eigenvalue weighted by Gasteiger charge is -2.30. The predicted octanol–water partition coefficient (Wildman–Crippen LogP) is 2.95. The first kappa shape index (κ1) is 18.5. The lowest BCUT2D eigenvalue weighted by atomic mass is 10.1. The molecule has 1 saturated heterocycles. The van der Waals surface area contributed by atoms with Gasteiger partial charge in [-0.2, -0.15) is 5.01 Å². The monoisotopic (exact) mass is 387 g/mol. The summed E-state index contributed by atoms with van der Waals surface area (Å²) >= 11 is 5.86. The predicted molar refractivity (Wildman–Crippen MR) is 95.5 cm³/mol. The molecule has 27 heavy (non-hydrogen) atoms. The normalized spacial score (nSPS) is 13.7. The van der Waals surface area contributed by atoms with Crippen LogP contribution in [0.5, 0.6) is 0 Å². The molecule has 3 rings (SSSR count). The molecule has 3 amide bonds. The summed E-state index contributed by atoms with van der Waals surface area (Å²) in [5, 5.41) is 13.3. The number of non-ortho nitro benzene ring substituents is 1. The van der Waals surface area contributed by atoms with Crippen LogP contribution in [0.2, 0.25) is 5.02 Å². The molecular weight excluding hydrogens is 374 g/mol. The van der Waals surface area contributed by atoms with Crippen molar-refractivity contribution in [2.45, 2.75) is 19.4 Å². The lowest BCUT2D eigenvalue weighted by molar-refractivity contribution is -0.384. The molecule has 0 spiro atoms. The average Bonchev–Trinajstić information content (AvgIpc) is 2.99. The maximum absolute atomic E-state index is 13.0.